The molecule has 11 heteroatoms. The Morgan fingerprint density at radius 3 is 2.12 bits per heavy atom. The SMILES string of the molecule is Cc1[nH]c2ccccc2c1C[C@H]1C(=O)NCc2ccccc2Sc2ccccc2CN[C@@H](CCCN)C(=O)N[C@@H](CCCCN)C(=O)N1C. The molecule has 3 aromatic carbocycles. The highest BCUT2D eigenvalue weighted by Crippen LogP contribution is 2.33. The lowest BCUT2D eigenvalue weighted by molar-refractivity contribution is -0.142. The van der Waals surface area contributed by atoms with E-state index >= 15 is 0 Å². The zero-order valence-corrected chi connectivity index (χ0v) is 29.3. The predicted molar refractivity (Wildman–Crippen MR) is 196 cm³/mol. The molecular weight excluding hydrogens is 635 g/mol. The van der Waals surface area contributed by atoms with Crippen molar-refractivity contribution in [3.05, 3.63) is 95.2 Å². The maximum atomic E-state index is 14.4. The molecule has 2 heterocycles. The lowest BCUT2D eigenvalue weighted by Crippen LogP contribution is -2.57. The average Bonchev–Trinajstić information content (AvgIpc) is 3.43. The Kier molecular flexibility index (Phi) is 12.9. The molecule has 1 aromatic heterocycles. The highest BCUT2D eigenvalue weighted by molar-refractivity contribution is 7.99. The number of aryl methyl sites for hydroxylation is 1. The summed E-state index contributed by atoms with van der Waals surface area (Å²) in [6.45, 7) is 3.67. The van der Waals surface area contributed by atoms with Gasteiger partial charge in [0.2, 0.25) is 17.7 Å². The van der Waals surface area contributed by atoms with E-state index in [0.717, 1.165) is 43.1 Å². The average molecular weight is 684 g/mol. The Hall–Kier alpha value is -4.16. The van der Waals surface area contributed by atoms with Gasteiger partial charge in [0.15, 0.2) is 0 Å². The normalized spacial score (nSPS) is 19.6. The summed E-state index contributed by atoms with van der Waals surface area (Å²) in [5.74, 6) is -0.841. The maximum Gasteiger partial charge on any atom is 0.245 e. The second-order valence-corrected chi connectivity index (χ2v) is 13.8. The van der Waals surface area contributed by atoms with E-state index in [0.29, 0.717) is 64.7 Å². The first-order valence-electron chi connectivity index (χ1n) is 17.2. The second kappa shape index (κ2) is 17.5. The van der Waals surface area contributed by atoms with Crippen molar-refractivity contribution in [1.29, 1.82) is 0 Å². The topological polar surface area (TPSA) is 158 Å². The Morgan fingerprint density at radius 2 is 1.41 bits per heavy atom. The molecule has 8 N–H and O–H groups in total. The van der Waals surface area contributed by atoms with Gasteiger partial charge in [-0.2, -0.15) is 0 Å². The summed E-state index contributed by atoms with van der Waals surface area (Å²) in [5.41, 5.74) is 16.6. The van der Waals surface area contributed by atoms with Crippen LogP contribution in [-0.4, -0.2) is 65.9 Å². The molecule has 3 amide bonds. The molecule has 1 aliphatic heterocycles. The first kappa shape index (κ1) is 36.1. The van der Waals surface area contributed by atoms with Crippen LogP contribution in [0.5, 0.6) is 0 Å². The van der Waals surface area contributed by atoms with Gasteiger partial charge in [0.1, 0.15) is 12.1 Å². The number of benzene rings is 3. The van der Waals surface area contributed by atoms with Crippen LogP contribution in [0.25, 0.3) is 10.9 Å². The van der Waals surface area contributed by atoms with E-state index < -0.39 is 18.1 Å². The molecule has 0 spiro atoms. The molecule has 0 fully saturated rings. The number of fused-ring (bicyclic) bond motifs is 3. The zero-order chi connectivity index (χ0) is 34.8. The zero-order valence-electron chi connectivity index (χ0n) is 28.5. The van der Waals surface area contributed by atoms with Gasteiger partial charge in [0.25, 0.3) is 0 Å². The van der Waals surface area contributed by atoms with Gasteiger partial charge in [0.05, 0.1) is 6.04 Å². The van der Waals surface area contributed by atoms with Gasteiger partial charge in [-0.05, 0) is 87.0 Å². The van der Waals surface area contributed by atoms with Crippen molar-refractivity contribution in [3.63, 3.8) is 0 Å². The second-order valence-electron chi connectivity index (χ2n) is 12.7. The summed E-state index contributed by atoms with van der Waals surface area (Å²) in [5, 5.41) is 10.7. The largest absolute Gasteiger partial charge is 0.358 e. The van der Waals surface area contributed by atoms with Crippen LogP contribution in [0, 0.1) is 6.92 Å². The van der Waals surface area contributed by atoms with Crippen LogP contribution >= 0.6 is 11.8 Å². The van der Waals surface area contributed by atoms with Crippen molar-refractivity contribution in [2.24, 2.45) is 11.5 Å². The number of nitrogens with zero attached hydrogens (tertiary/aromatic N) is 1. The first-order valence-corrected chi connectivity index (χ1v) is 18.0. The predicted octanol–water partition coefficient (Wildman–Crippen LogP) is 4.14. The van der Waals surface area contributed by atoms with E-state index in [1.165, 1.54) is 4.90 Å². The molecular formula is C38H49N7O3S. The van der Waals surface area contributed by atoms with Gasteiger partial charge >= 0.3 is 0 Å². The Morgan fingerprint density at radius 1 is 0.776 bits per heavy atom. The number of likely N-dealkylation sites (N-methyl/N-ethyl adjacent to an activating group) is 1. The van der Waals surface area contributed by atoms with E-state index in [1.54, 1.807) is 18.8 Å². The minimum Gasteiger partial charge on any atom is -0.358 e. The number of carbonyl (C=O) groups is 3. The van der Waals surface area contributed by atoms with Gasteiger partial charge in [-0.3, -0.25) is 14.4 Å². The van der Waals surface area contributed by atoms with Gasteiger partial charge in [-0.25, -0.2) is 0 Å². The molecule has 3 atom stereocenters. The number of hydrogen-bond donors (Lipinski definition) is 6. The number of amides is 3. The number of H-pyrrole nitrogens is 1. The molecule has 10 nitrogen and oxygen atoms in total. The number of rotatable bonds is 9. The van der Waals surface area contributed by atoms with Crippen LogP contribution in [0.4, 0.5) is 0 Å². The van der Waals surface area contributed by atoms with Crippen LogP contribution in [0.2, 0.25) is 0 Å². The Bertz CT molecular complexity index is 1740. The standard InChI is InChI=1S/C38H49N7O3S/c1-25-29(28-14-5-6-15-30(28)43-25)22-33-37(47)42-24-27-13-4-8-19-35(27)49-34-18-7-3-12-26(34)23-41-31(17-11-21-40)36(46)44-32(16-9-10-20-39)38(48)45(33)2/h3-8,12-15,18-19,31-33,41,43H,9-11,16-17,20-24,39-40H2,1-2H3,(H,42,47)(H,44,46)/t31-,32-,33-/m0/s1. The van der Waals surface area contributed by atoms with Crippen molar-refractivity contribution >= 4 is 40.4 Å². The number of nitrogens with two attached hydrogens (primary N) is 2. The highest BCUT2D eigenvalue weighted by atomic mass is 32.2. The summed E-state index contributed by atoms with van der Waals surface area (Å²) < 4.78 is 0. The molecule has 0 unspecified atom stereocenters. The summed E-state index contributed by atoms with van der Waals surface area (Å²) >= 11 is 1.63. The van der Waals surface area contributed by atoms with Crippen LogP contribution in [0.15, 0.2) is 82.6 Å². The van der Waals surface area contributed by atoms with Crippen molar-refractivity contribution < 1.29 is 14.4 Å². The molecule has 5 rings (SSSR count). The third-order valence-corrected chi connectivity index (χ3v) is 10.5. The molecule has 0 bridgehead atoms. The van der Waals surface area contributed by atoms with Crippen molar-refractivity contribution in [1.82, 2.24) is 25.8 Å². The smallest absolute Gasteiger partial charge is 0.245 e. The van der Waals surface area contributed by atoms with E-state index in [2.05, 4.69) is 39.1 Å². The summed E-state index contributed by atoms with van der Waals surface area (Å²) in [6, 6.07) is 21.9. The Labute approximate surface area is 293 Å². The number of carbonyl (C=O) groups excluding carboxylic acids is 3. The number of unbranched alkanes of at least 4 members (excludes halogenated alkanes) is 1. The molecule has 0 aliphatic carbocycles. The number of aromatic nitrogens is 1. The monoisotopic (exact) mass is 683 g/mol. The first-order chi connectivity index (χ1) is 23.8. The minimum atomic E-state index is -0.832. The fourth-order valence-corrected chi connectivity index (χ4v) is 7.49. The highest BCUT2D eigenvalue weighted by Gasteiger charge is 2.34. The molecule has 0 saturated heterocycles. The third-order valence-electron chi connectivity index (χ3n) is 9.27. The van der Waals surface area contributed by atoms with Crippen molar-refractivity contribution in [2.75, 3.05) is 20.1 Å². The van der Waals surface area contributed by atoms with E-state index in [9.17, 15) is 14.4 Å². The fraction of sp³-hybridized carbons (Fsp3) is 0.395. The fourth-order valence-electron chi connectivity index (χ4n) is 6.42. The molecule has 260 valence electrons. The number of hydrogen-bond acceptors (Lipinski definition) is 7. The quantitative estimate of drug-likeness (QED) is 0.145. The Balaban J connectivity index is 1.55. The van der Waals surface area contributed by atoms with Crippen LogP contribution in [-0.2, 0) is 33.9 Å². The lowest BCUT2D eigenvalue weighted by atomic mass is 9.99. The number of aromatic amines is 1. The van der Waals surface area contributed by atoms with Crippen molar-refractivity contribution in [2.45, 2.75) is 86.5 Å². The number of para-hydroxylation sites is 1. The van der Waals surface area contributed by atoms with Gasteiger partial charge < -0.3 is 37.3 Å². The summed E-state index contributed by atoms with van der Waals surface area (Å²) in [7, 11) is 1.66. The molecule has 0 saturated carbocycles. The molecule has 1 aliphatic rings. The van der Waals surface area contributed by atoms with Gasteiger partial charge in [-0.15, -0.1) is 0 Å². The molecule has 0 radical (unpaired) electrons. The van der Waals surface area contributed by atoms with Crippen LogP contribution < -0.4 is 27.4 Å². The lowest BCUT2D eigenvalue weighted by Gasteiger charge is -2.32. The van der Waals surface area contributed by atoms with E-state index in [4.69, 9.17) is 11.5 Å². The number of nitrogens with one attached hydrogen (secondary N) is 4. The van der Waals surface area contributed by atoms with Crippen molar-refractivity contribution in [3.8, 4) is 0 Å². The summed E-state index contributed by atoms with van der Waals surface area (Å²) in [6.07, 6.45) is 3.24. The minimum absolute atomic E-state index is 0.263. The van der Waals surface area contributed by atoms with E-state index in [1.807, 2.05) is 61.5 Å². The summed E-state index contributed by atoms with van der Waals surface area (Å²) in [4.78, 5) is 49.6. The van der Waals surface area contributed by atoms with Gasteiger partial charge in [-0.1, -0.05) is 66.4 Å². The van der Waals surface area contributed by atoms with Crippen LogP contribution in [0.3, 0.4) is 0 Å². The maximum absolute atomic E-state index is 14.4. The van der Waals surface area contributed by atoms with Gasteiger partial charge in [0, 0.05) is 52.9 Å². The van der Waals surface area contributed by atoms with E-state index in [-0.39, 0.29) is 17.7 Å². The third kappa shape index (κ3) is 9.10. The molecule has 4 aromatic rings. The van der Waals surface area contributed by atoms with Crippen LogP contribution in [0.1, 0.15) is 54.5 Å². The molecule has 49 heavy (non-hydrogen) atoms.